The number of urea groups is 1. The third-order valence-corrected chi connectivity index (χ3v) is 7.47. The number of rotatable bonds is 7. The number of sulfonamides is 1. The maximum absolute atomic E-state index is 15.6. The SMILES string of the molecule is CC(C)NC(=O)N1CC2(CC2)[C@H](NS(=O)(=O)CF)[C@@H]1Cc1cc(F)cc(-c2ccccc2)c1F. The fraction of sp³-hybridized carbons (Fsp3) is 0.458. The molecule has 0 bridgehead atoms. The molecule has 1 heterocycles. The van der Waals surface area contributed by atoms with Crippen LogP contribution in [0.3, 0.4) is 0 Å². The first-order chi connectivity index (χ1) is 16.0. The Morgan fingerprint density at radius 2 is 1.85 bits per heavy atom. The largest absolute Gasteiger partial charge is 0.336 e. The van der Waals surface area contributed by atoms with Gasteiger partial charge in [0.1, 0.15) is 11.6 Å². The van der Waals surface area contributed by atoms with Gasteiger partial charge < -0.3 is 10.2 Å². The molecule has 1 aliphatic heterocycles. The van der Waals surface area contributed by atoms with Crippen molar-refractivity contribution in [1.82, 2.24) is 14.9 Å². The monoisotopic (exact) mass is 495 g/mol. The summed E-state index contributed by atoms with van der Waals surface area (Å²) in [6, 6.07) is 6.87. The predicted molar refractivity (Wildman–Crippen MR) is 123 cm³/mol. The number of nitrogens with zero attached hydrogens (tertiary/aromatic N) is 1. The number of hydrogen-bond acceptors (Lipinski definition) is 3. The molecule has 4 rings (SSSR count). The molecule has 1 saturated carbocycles. The van der Waals surface area contributed by atoms with Gasteiger partial charge in [-0.1, -0.05) is 30.3 Å². The van der Waals surface area contributed by atoms with Crippen LogP contribution in [-0.2, 0) is 16.4 Å². The normalized spacial score (nSPS) is 21.3. The van der Waals surface area contributed by atoms with Crippen LogP contribution in [0.4, 0.5) is 18.0 Å². The fourth-order valence-electron chi connectivity index (χ4n) is 4.83. The summed E-state index contributed by atoms with van der Waals surface area (Å²) >= 11 is 0. The van der Waals surface area contributed by atoms with E-state index in [4.69, 9.17) is 0 Å². The zero-order valence-corrected chi connectivity index (χ0v) is 19.8. The number of carbonyl (C=O) groups excluding carboxylic acids is 1. The molecule has 0 aromatic heterocycles. The van der Waals surface area contributed by atoms with Gasteiger partial charge in [0.05, 0.1) is 6.04 Å². The van der Waals surface area contributed by atoms with Crippen LogP contribution in [-0.4, -0.2) is 50.0 Å². The van der Waals surface area contributed by atoms with E-state index < -0.39 is 51.2 Å². The molecule has 10 heteroatoms. The summed E-state index contributed by atoms with van der Waals surface area (Å²) in [7, 11) is -4.24. The minimum absolute atomic E-state index is 0.0216. The number of halogens is 3. The average molecular weight is 496 g/mol. The first kappa shape index (κ1) is 24.5. The number of benzene rings is 2. The second-order valence-electron chi connectivity index (χ2n) is 9.48. The highest BCUT2D eigenvalue weighted by Gasteiger charge is 2.61. The average Bonchev–Trinajstić information content (AvgIpc) is 3.51. The van der Waals surface area contributed by atoms with Crippen molar-refractivity contribution in [2.24, 2.45) is 5.41 Å². The number of alkyl halides is 1. The van der Waals surface area contributed by atoms with Crippen LogP contribution >= 0.6 is 0 Å². The van der Waals surface area contributed by atoms with Gasteiger partial charge in [0.25, 0.3) is 0 Å². The van der Waals surface area contributed by atoms with Crippen LogP contribution in [0.5, 0.6) is 0 Å². The second-order valence-corrected chi connectivity index (χ2v) is 11.2. The molecule has 2 aliphatic rings. The molecule has 1 aliphatic carbocycles. The van der Waals surface area contributed by atoms with Gasteiger partial charge in [-0.15, -0.1) is 0 Å². The fourth-order valence-corrected chi connectivity index (χ4v) is 5.69. The number of hydrogen-bond donors (Lipinski definition) is 2. The van der Waals surface area contributed by atoms with Gasteiger partial charge in [0, 0.05) is 29.6 Å². The number of amides is 2. The van der Waals surface area contributed by atoms with Crippen molar-refractivity contribution < 1.29 is 26.4 Å². The smallest absolute Gasteiger partial charge is 0.317 e. The molecule has 1 spiro atoms. The molecule has 2 aromatic carbocycles. The standard InChI is InChI=1S/C24H28F3N3O3S/c1-15(2)28-23(31)30-13-24(8-9-24)22(29-34(32,33)14-25)20(30)11-17-10-18(26)12-19(21(17)27)16-6-4-3-5-7-16/h3-7,10,12,15,20,22,29H,8-9,11,13-14H2,1-2H3,(H,28,31)/t20-,22+/m0/s1. The molecule has 1 saturated heterocycles. The van der Waals surface area contributed by atoms with E-state index in [1.54, 1.807) is 44.2 Å². The Hall–Kier alpha value is -2.59. The molecule has 2 aromatic rings. The van der Waals surface area contributed by atoms with Crippen LogP contribution in [0.2, 0.25) is 0 Å². The maximum atomic E-state index is 15.6. The molecule has 0 radical (unpaired) electrons. The van der Waals surface area contributed by atoms with E-state index in [1.165, 1.54) is 4.90 Å². The van der Waals surface area contributed by atoms with Gasteiger partial charge in [0.2, 0.25) is 16.0 Å². The van der Waals surface area contributed by atoms with Crippen LogP contribution in [0.1, 0.15) is 32.3 Å². The molecule has 2 amide bonds. The summed E-state index contributed by atoms with van der Waals surface area (Å²) < 4.78 is 70.0. The van der Waals surface area contributed by atoms with Crippen molar-refractivity contribution in [2.45, 2.75) is 51.2 Å². The van der Waals surface area contributed by atoms with E-state index in [9.17, 15) is 22.0 Å². The number of carbonyl (C=O) groups is 1. The van der Waals surface area contributed by atoms with Crippen LogP contribution in [0.25, 0.3) is 11.1 Å². The van der Waals surface area contributed by atoms with Crippen molar-refractivity contribution in [3.63, 3.8) is 0 Å². The Kier molecular flexibility index (Phi) is 6.65. The first-order valence-electron chi connectivity index (χ1n) is 11.2. The Labute approximate surface area is 197 Å². The molecule has 2 atom stereocenters. The van der Waals surface area contributed by atoms with Crippen molar-refractivity contribution in [3.8, 4) is 11.1 Å². The minimum atomic E-state index is -4.24. The van der Waals surface area contributed by atoms with E-state index in [0.717, 1.165) is 12.1 Å². The molecular weight excluding hydrogens is 467 g/mol. The summed E-state index contributed by atoms with van der Waals surface area (Å²) in [5, 5.41) is 2.79. The highest BCUT2D eigenvalue weighted by atomic mass is 32.2. The third kappa shape index (κ3) is 4.93. The summed E-state index contributed by atoms with van der Waals surface area (Å²) in [4.78, 5) is 14.5. The molecule has 184 valence electrons. The third-order valence-electron chi connectivity index (χ3n) is 6.57. The maximum Gasteiger partial charge on any atom is 0.317 e. The lowest BCUT2D eigenvalue weighted by Crippen LogP contribution is -2.52. The zero-order valence-electron chi connectivity index (χ0n) is 19.0. The van der Waals surface area contributed by atoms with E-state index in [2.05, 4.69) is 10.0 Å². The van der Waals surface area contributed by atoms with E-state index >= 15 is 4.39 Å². The topological polar surface area (TPSA) is 78.5 Å². The van der Waals surface area contributed by atoms with Crippen LogP contribution in [0, 0.1) is 17.0 Å². The molecule has 34 heavy (non-hydrogen) atoms. The van der Waals surface area contributed by atoms with Gasteiger partial charge in [-0.3, -0.25) is 0 Å². The molecular formula is C24H28F3N3O3S. The lowest BCUT2D eigenvalue weighted by Gasteiger charge is -2.30. The number of likely N-dealkylation sites (tertiary alicyclic amines) is 1. The highest BCUT2D eigenvalue weighted by molar-refractivity contribution is 7.89. The highest BCUT2D eigenvalue weighted by Crippen LogP contribution is 2.55. The Bertz CT molecular complexity index is 1170. The molecule has 2 fully saturated rings. The van der Waals surface area contributed by atoms with Gasteiger partial charge >= 0.3 is 6.03 Å². The molecule has 0 unspecified atom stereocenters. The summed E-state index contributed by atoms with van der Waals surface area (Å²) in [6.45, 7) is 3.83. The van der Waals surface area contributed by atoms with Crippen LogP contribution < -0.4 is 10.0 Å². The molecule has 6 nitrogen and oxygen atoms in total. The van der Waals surface area contributed by atoms with E-state index in [0.29, 0.717) is 18.4 Å². The lowest BCUT2D eigenvalue weighted by molar-refractivity contribution is 0.186. The quantitative estimate of drug-likeness (QED) is 0.610. The second kappa shape index (κ2) is 9.22. The van der Waals surface area contributed by atoms with Crippen molar-refractivity contribution >= 4 is 16.1 Å². The van der Waals surface area contributed by atoms with E-state index in [1.807, 2.05) is 0 Å². The number of nitrogens with one attached hydrogen (secondary N) is 2. The van der Waals surface area contributed by atoms with Crippen molar-refractivity contribution in [3.05, 3.63) is 59.7 Å². The summed E-state index contributed by atoms with van der Waals surface area (Å²) in [5.74, 6) is -1.28. The van der Waals surface area contributed by atoms with Crippen molar-refractivity contribution in [1.29, 1.82) is 0 Å². The van der Waals surface area contributed by atoms with Gasteiger partial charge in [-0.25, -0.2) is 31.1 Å². The zero-order chi connectivity index (χ0) is 24.7. The Balaban J connectivity index is 1.74. The minimum Gasteiger partial charge on any atom is -0.336 e. The molecule has 2 N–H and O–H groups in total. The van der Waals surface area contributed by atoms with Gasteiger partial charge in [0.15, 0.2) is 0 Å². The summed E-state index contributed by atoms with van der Waals surface area (Å²) in [6.07, 6.45) is 1.17. The summed E-state index contributed by atoms with van der Waals surface area (Å²) in [5.41, 5.74) is 0.0462. The van der Waals surface area contributed by atoms with Crippen LogP contribution in [0.15, 0.2) is 42.5 Å². The van der Waals surface area contributed by atoms with E-state index in [-0.39, 0.29) is 30.1 Å². The van der Waals surface area contributed by atoms with Gasteiger partial charge in [-0.2, -0.15) is 0 Å². The lowest BCUT2D eigenvalue weighted by atomic mass is 9.91. The first-order valence-corrected chi connectivity index (χ1v) is 12.9. The van der Waals surface area contributed by atoms with Crippen molar-refractivity contribution in [2.75, 3.05) is 12.6 Å². The Morgan fingerprint density at radius 1 is 1.18 bits per heavy atom. The van der Waals surface area contributed by atoms with Gasteiger partial charge in [-0.05, 0) is 56.4 Å². The predicted octanol–water partition coefficient (Wildman–Crippen LogP) is 3.97. The Morgan fingerprint density at radius 3 is 2.44 bits per heavy atom.